The van der Waals surface area contributed by atoms with Crippen molar-refractivity contribution in [2.24, 2.45) is 0 Å². The van der Waals surface area contributed by atoms with Crippen LogP contribution in [0.5, 0.6) is 11.5 Å². The highest BCUT2D eigenvalue weighted by atomic mass is 16.5. The van der Waals surface area contributed by atoms with Gasteiger partial charge in [0.1, 0.15) is 5.82 Å². The Morgan fingerprint density at radius 3 is 2.55 bits per heavy atom. The predicted molar refractivity (Wildman–Crippen MR) is 113 cm³/mol. The Labute approximate surface area is 172 Å². The summed E-state index contributed by atoms with van der Waals surface area (Å²) in [6.07, 6.45) is 3.91. The number of hydrogen-bond donors (Lipinski definition) is 1. The molecule has 0 unspecified atom stereocenters. The Bertz CT molecular complexity index is 812. The first-order valence-electron chi connectivity index (χ1n) is 10.0. The average molecular weight is 402 g/mol. The van der Waals surface area contributed by atoms with Crippen LogP contribution < -0.4 is 14.8 Å². The maximum absolute atomic E-state index is 12.7. The number of aromatic nitrogens is 2. The van der Waals surface area contributed by atoms with E-state index in [0.717, 1.165) is 32.0 Å². The van der Waals surface area contributed by atoms with Gasteiger partial charge in [0.15, 0.2) is 11.5 Å². The molecule has 0 spiro atoms. The van der Waals surface area contributed by atoms with E-state index in [9.17, 15) is 4.79 Å². The fourth-order valence-electron chi connectivity index (χ4n) is 3.61. The van der Waals surface area contributed by atoms with Crippen LogP contribution in [0, 0.1) is 0 Å². The van der Waals surface area contributed by atoms with Gasteiger partial charge in [-0.3, -0.25) is 4.90 Å². The molecule has 1 aromatic carbocycles. The molecule has 1 fully saturated rings. The lowest BCUT2D eigenvalue weighted by atomic mass is 10.2. The van der Waals surface area contributed by atoms with Crippen LogP contribution in [0.2, 0.25) is 0 Å². The number of imidazole rings is 1. The van der Waals surface area contributed by atoms with Crippen LogP contribution in [-0.4, -0.2) is 72.3 Å². The highest BCUT2D eigenvalue weighted by Gasteiger charge is 2.22. The van der Waals surface area contributed by atoms with E-state index in [4.69, 9.17) is 9.47 Å². The number of rotatable bonds is 7. The lowest BCUT2D eigenvalue weighted by molar-refractivity contribution is 0.144. The summed E-state index contributed by atoms with van der Waals surface area (Å²) in [4.78, 5) is 21.4. The Kier molecular flexibility index (Phi) is 6.98. The third kappa shape index (κ3) is 5.00. The number of ether oxygens (including phenoxy) is 2. The number of para-hydroxylation sites is 1. The molecule has 0 bridgehead atoms. The summed E-state index contributed by atoms with van der Waals surface area (Å²) in [5, 5.41) is 2.95. The molecule has 3 rings (SSSR count). The van der Waals surface area contributed by atoms with Crippen molar-refractivity contribution in [3.8, 4) is 11.5 Å². The number of hydrogen-bond acceptors (Lipinski definition) is 5. The Morgan fingerprint density at radius 1 is 1.14 bits per heavy atom. The van der Waals surface area contributed by atoms with Gasteiger partial charge < -0.3 is 24.3 Å². The minimum absolute atomic E-state index is 0.118. The molecule has 8 nitrogen and oxygen atoms in total. The Morgan fingerprint density at radius 2 is 1.90 bits per heavy atom. The number of nitrogens with one attached hydrogen (secondary N) is 1. The average Bonchev–Trinajstić information content (AvgIpc) is 3.21. The molecule has 1 N–H and O–H groups in total. The van der Waals surface area contributed by atoms with Crippen molar-refractivity contribution in [3.05, 3.63) is 36.4 Å². The van der Waals surface area contributed by atoms with E-state index in [1.165, 1.54) is 0 Å². The van der Waals surface area contributed by atoms with E-state index in [2.05, 4.69) is 33.6 Å². The summed E-state index contributed by atoms with van der Waals surface area (Å²) in [6, 6.07) is 5.33. The summed E-state index contributed by atoms with van der Waals surface area (Å²) in [7, 11) is 3.15. The van der Waals surface area contributed by atoms with Gasteiger partial charge in [0.2, 0.25) is 0 Å². The van der Waals surface area contributed by atoms with Gasteiger partial charge in [-0.15, -0.1) is 0 Å². The molecule has 1 aromatic heterocycles. The topological polar surface area (TPSA) is 71.9 Å². The number of carbonyl (C=O) groups is 1. The second-order valence-electron chi connectivity index (χ2n) is 7.43. The number of nitrogens with zero attached hydrogens (tertiary/aromatic N) is 4. The monoisotopic (exact) mass is 401 g/mol. The summed E-state index contributed by atoms with van der Waals surface area (Å²) < 4.78 is 12.9. The third-order valence-electron chi connectivity index (χ3n) is 5.23. The van der Waals surface area contributed by atoms with Gasteiger partial charge >= 0.3 is 6.03 Å². The van der Waals surface area contributed by atoms with Gasteiger partial charge in [-0.1, -0.05) is 19.9 Å². The van der Waals surface area contributed by atoms with Gasteiger partial charge in [0.05, 0.1) is 19.9 Å². The molecule has 0 atom stereocenters. The van der Waals surface area contributed by atoms with Crippen molar-refractivity contribution in [1.29, 1.82) is 0 Å². The number of benzene rings is 1. The second-order valence-corrected chi connectivity index (χ2v) is 7.43. The van der Waals surface area contributed by atoms with Gasteiger partial charge in [0, 0.05) is 57.6 Å². The normalized spacial score (nSPS) is 14.9. The summed E-state index contributed by atoms with van der Waals surface area (Å²) in [6.45, 7) is 9.29. The fraction of sp³-hybridized carbons (Fsp3) is 0.524. The first-order valence-corrected chi connectivity index (χ1v) is 10.0. The molecule has 0 saturated carbocycles. The molecule has 0 aliphatic carbocycles. The van der Waals surface area contributed by atoms with Crippen LogP contribution >= 0.6 is 0 Å². The molecule has 1 aliphatic heterocycles. The molecule has 0 radical (unpaired) electrons. The molecule has 2 aromatic rings. The number of amides is 2. The number of piperazine rings is 1. The molecule has 158 valence electrons. The molecular formula is C21H31N5O3. The van der Waals surface area contributed by atoms with Crippen LogP contribution in [0.4, 0.5) is 10.5 Å². The van der Waals surface area contributed by atoms with E-state index < -0.39 is 0 Å². The molecule has 1 saturated heterocycles. The minimum Gasteiger partial charge on any atom is -0.493 e. The number of carbonyl (C=O) groups excluding carboxylic acids is 1. The molecular weight excluding hydrogens is 370 g/mol. The van der Waals surface area contributed by atoms with Gasteiger partial charge in [-0.2, -0.15) is 0 Å². The minimum atomic E-state index is -0.118. The quantitative estimate of drug-likeness (QED) is 0.772. The SMILES string of the molecule is COc1cccc(NC(=O)N2CCN(CCn3ccnc3C(C)C)CC2)c1OC. The van der Waals surface area contributed by atoms with Crippen LogP contribution in [-0.2, 0) is 6.54 Å². The number of methoxy groups -OCH3 is 2. The number of urea groups is 1. The molecule has 8 heteroatoms. The zero-order valence-corrected chi connectivity index (χ0v) is 17.7. The Balaban J connectivity index is 1.50. The van der Waals surface area contributed by atoms with Crippen molar-refractivity contribution in [2.75, 3.05) is 52.3 Å². The predicted octanol–water partition coefficient (Wildman–Crippen LogP) is 2.87. The van der Waals surface area contributed by atoms with Crippen LogP contribution in [0.15, 0.2) is 30.6 Å². The lowest BCUT2D eigenvalue weighted by Gasteiger charge is -2.35. The van der Waals surface area contributed by atoms with Crippen molar-refractivity contribution in [3.63, 3.8) is 0 Å². The molecule has 29 heavy (non-hydrogen) atoms. The highest BCUT2D eigenvalue weighted by Crippen LogP contribution is 2.34. The van der Waals surface area contributed by atoms with Crippen molar-refractivity contribution < 1.29 is 14.3 Å². The van der Waals surface area contributed by atoms with E-state index in [-0.39, 0.29) is 6.03 Å². The second kappa shape index (κ2) is 9.65. The first-order chi connectivity index (χ1) is 14.0. The standard InChI is InChI=1S/C21H31N5O3/c1-16(2)20-22-8-9-25(20)13-10-24-11-14-26(15-12-24)21(27)23-17-6-5-7-18(28-3)19(17)29-4/h5-9,16H,10-15H2,1-4H3,(H,23,27). The summed E-state index contributed by atoms with van der Waals surface area (Å²) >= 11 is 0. The zero-order chi connectivity index (χ0) is 20.8. The van der Waals surface area contributed by atoms with Gasteiger partial charge in [0.25, 0.3) is 0 Å². The molecule has 2 amide bonds. The van der Waals surface area contributed by atoms with E-state index >= 15 is 0 Å². The van der Waals surface area contributed by atoms with Crippen molar-refractivity contribution >= 4 is 11.7 Å². The van der Waals surface area contributed by atoms with Crippen LogP contribution in [0.1, 0.15) is 25.6 Å². The molecule has 2 heterocycles. The first kappa shape index (κ1) is 21.0. The van der Waals surface area contributed by atoms with Crippen LogP contribution in [0.3, 0.4) is 0 Å². The smallest absolute Gasteiger partial charge is 0.322 e. The Hall–Kier alpha value is -2.74. The fourth-order valence-corrected chi connectivity index (χ4v) is 3.61. The molecule has 1 aliphatic rings. The maximum atomic E-state index is 12.7. The largest absolute Gasteiger partial charge is 0.493 e. The van der Waals surface area contributed by atoms with E-state index in [0.29, 0.717) is 36.2 Å². The highest BCUT2D eigenvalue weighted by molar-refractivity contribution is 5.91. The number of anilines is 1. The van der Waals surface area contributed by atoms with Crippen molar-refractivity contribution in [2.45, 2.75) is 26.3 Å². The lowest BCUT2D eigenvalue weighted by Crippen LogP contribution is -2.50. The van der Waals surface area contributed by atoms with Gasteiger partial charge in [-0.25, -0.2) is 9.78 Å². The summed E-state index contributed by atoms with van der Waals surface area (Å²) in [5.41, 5.74) is 0.612. The zero-order valence-electron chi connectivity index (χ0n) is 17.7. The van der Waals surface area contributed by atoms with Crippen molar-refractivity contribution in [1.82, 2.24) is 19.4 Å². The van der Waals surface area contributed by atoms with E-state index in [1.54, 1.807) is 20.3 Å². The third-order valence-corrected chi connectivity index (χ3v) is 5.23. The van der Waals surface area contributed by atoms with Crippen LogP contribution in [0.25, 0.3) is 0 Å². The van der Waals surface area contributed by atoms with Gasteiger partial charge in [-0.05, 0) is 12.1 Å². The maximum Gasteiger partial charge on any atom is 0.322 e. The summed E-state index contributed by atoms with van der Waals surface area (Å²) in [5.74, 6) is 2.66. The van der Waals surface area contributed by atoms with E-state index in [1.807, 2.05) is 29.4 Å².